The van der Waals surface area contributed by atoms with Crippen molar-refractivity contribution < 1.29 is 0 Å². The average molecular weight is 423 g/mol. The Labute approximate surface area is 194 Å². The lowest BCUT2D eigenvalue weighted by Gasteiger charge is -2.04. The monoisotopic (exact) mass is 422 g/mol. The SMILES string of the molecule is C(#Cc1ccc(-c2cc(C=Cc3ccccc3)n(-c3ccccc3)n2)cc1)c1ccccc1. The molecule has 0 bridgehead atoms. The maximum atomic E-state index is 4.92. The highest BCUT2D eigenvalue weighted by Crippen LogP contribution is 2.23. The predicted molar refractivity (Wildman–Crippen MR) is 137 cm³/mol. The van der Waals surface area contributed by atoms with Crippen molar-refractivity contribution >= 4 is 12.2 Å². The summed E-state index contributed by atoms with van der Waals surface area (Å²) in [5.41, 5.74) is 7.18. The highest BCUT2D eigenvalue weighted by molar-refractivity contribution is 5.72. The quantitative estimate of drug-likeness (QED) is 0.282. The molecule has 0 atom stereocenters. The number of benzene rings is 4. The minimum Gasteiger partial charge on any atom is -0.233 e. The fraction of sp³-hybridized carbons (Fsp3) is 0. The van der Waals surface area contributed by atoms with Gasteiger partial charge in [-0.05, 0) is 54.1 Å². The van der Waals surface area contributed by atoms with Crippen LogP contribution in [0.25, 0.3) is 29.1 Å². The molecule has 0 spiro atoms. The number of rotatable bonds is 4. The lowest BCUT2D eigenvalue weighted by atomic mass is 10.1. The van der Waals surface area contributed by atoms with E-state index in [9.17, 15) is 0 Å². The van der Waals surface area contributed by atoms with Crippen LogP contribution in [0.1, 0.15) is 22.4 Å². The van der Waals surface area contributed by atoms with E-state index in [2.05, 4.69) is 66.5 Å². The smallest absolute Gasteiger partial charge is 0.0933 e. The second-order valence-electron chi connectivity index (χ2n) is 7.64. The Morgan fingerprint density at radius 1 is 0.576 bits per heavy atom. The third kappa shape index (κ3) is 5.01. The van der Waals surface area contributed by atoms with Crippen LogP contribution in [-0.2, 0) is 0 Å². The van der Waals surface area contributed by atoms with Crippen LogP contribution in [0.4, 0.5) is 0 Å². The summed E-state index contributed by atoms with van der Waals surface area (Å²) in [6.07, 6.45) is 4.22. The molecule has 1 aromatic heterocycles. The van der Waals surface area contributed by atoms with Gasteiger partial charge in [-0.1, -0.05) is 96.8 Å². The van der Waals surface area contributed by atoms with Gasteiger partial charge in [0.15, 0.2) is 0 Å². The molecule has 0 saturated heterocycles. The van der Waals surface area contributed by atoms with E-state index in [1.54, 1.807) is 0 Å². The summed E-state index contributed by atoms with van der Waals surface area (Å²) in [6, 6.07) is 40.9. The van der Waals surface area contributed by atoms with Crippen molar-refractivity contribution in [1.82, 2.24) is 9.78 Å². The van der Waals surface area contributed by atoms with Crippen LogP contribution in [0.2, 0.25) is 0 Å². The van der Waals surface area contributed by atoms with E-state index in [-0.39, 0.29) is 0 Å². The van der Waals surface area contributed by atoms with Crippen molar-refractivity contribution in [2.24, 2.45) is 0 Å². The maximum Gasteiger partial charge on any atom is 0.0933 e. The molecule has 0 aliphatic heterocycles. The predicted octanol–water partition coefficient (Wildman–Crippen LogP) is 7.11. The van der Waals surface area contributed by atoms with Gasteiger partial charge >= 0.3 is 0 Å². The molecule has 0 radical (unpaired) electrons. The summed E-state index contributed by atoms with van der Waals surface area (Å²) in [5, 5.41) is 4.92. The van der Waals surface area contributed by atoms with Gasteiger partial charge in [0.05, 0.1) is 17.1 Å². The van der Waals surface area contributed by atoms with Gasteiger partial charge in [0.25, 0.3) is 0 Å². The Balaban J connectivity index is 1.46. The van der Waals surface area contributed by atoms with Gasteiger partial charge in [-0.3, -0.25) is 0 Å². The molecule has 2 heteroatoms. The Hall–Kier alpha value is -4.61. The Morgan fingerprint density at radius 2 is 1.15 bits per heavy atom. The molecule has 4 aromatic carbocycles. The number of para-hydroxylation sites is 1. The molecule has 5 aromatic rings. The number of hydrogen-bond acceptors (Lipinski definition) is 1. The number of nitrogens with zero attached hydrogens (tertiary/aromatic N) is 2. The van der Waals surface area contributed by atoms with Gasteiger partial charge in [0.2, 0.25) is 0 Å². The lowest BCUT2D eigenvalue weighted by Crippen LogP contribution is -1.98. The van der Waals surface area contributed by atoms with Gasteiger partial charge < -0.3 is 0 Å². The fourth-order valence-electron chi connectivity index (χ4n) is 3.57. The molecule has 1 heterocycles. The molecule has 2 nitrogen and oxygen atoms in total. The van der Waals surface area contributed by atoms with Crippen molar-refractivity contribution in [1.29, 1.82) is 0 Å². The Kier molecular flexibility index (Phi) is 5.96. The second kappa shape index (κ2) is 9.68. The zero-order valence-corrected chi connectivity index (χ0v) is 18.1. The van der Waals surface area contributed by atoms with Crippen molar-refractivity contribution in [2.75, 3.05) is 0 Å². The first-order valence-corrected chi connectivity index (χ1v) is 10.9. The van der Waals surface area contributed by atoms with Gasteiger partial charge in [0, 0.05) is 16.7 Å². The number of aromatic nitrogens is 2. The van der Waals surface area contributed by atoms with E-state index in [1.807, 2.05) is 83.5 Å². The molecule has 33 heavy (non-hydrogen) atoms. The molecule has 0 N–H and O–H groups in total. The van der Waals surface area contributed by atoms with E-state index < -0.39 is 0 Å². The van der Waals surface area contributed by atoms with E-state index in [0.29, 0.717) is 0 Å². The van der Waals surface area contributed by atoms with Gasteiger partial charge in [-0.2, -0.15) is 5.10 Å². The maximum absolute atomic E-state index is 4.92. The largest absolute Gasteiger partial charge is 0.233 e. The number of hydrogen-bond donors (Lipinski definition) is 0. The van der Waals surface area contributed by atoms with Crippen molar-refractivity contribution in [3.8, 4) is 28.8 Å². The van der Waals surface area contributed by atoms with E-state index in [0.717, 1.165) is 39.3 Å². The molecular formula is C31H22N2. The fourth-order valence-corrected chi connectivity index (χ4v) is 3.57. The normalized spacial score (nSPS) is 10.7. The molecule has 0 saturated carbocycles. The second-order valence-corrected chi connectivity index (χ2v) is 7.64. The van der Waals surface area contributed by atoms with Crippen molar-refractivity contribution in [3.63, 3.8) is 0 Å². The average Bonchev–Trinajstić information content (AvgIpc) is 3.33. The molecule has 156 valence electrons. The minimum atomic E-state index is 0.925. The summed E-state index contributed by atoms with van der Waals surface area (Å²) < 4.78 is 1.98. The highest BCUT2D eigenvalue weighted by atomic mass is 15.3. The van der Waals surface area contributed by atoms with Crippen LogP contribution in [0.5, 0.6) is 0 Å². The topological polar surface area (TPSA) is 17.8 Å². The van der Waals surface area contributed by atoms with E-state index in [1.165, 1.54) is 0 Å². The standard InChI is InChI=1S/C31H22N2/c1-4-10-25(11-5-1)16-17-27-18-21-28(22-19-27)31-24-30(23-20-26-12-6-2-7-13-26)33(32-31)29-14-8-3-9-15-29/h1-15,18-24H. The van der Waals surface area contributed by atoms with Crippen molar-refractivity contribution in [2.45, 2.75) is 0 Å². The Morgan fingerprint density at radius 3 is 1.82 bits per heavy atom. The minimum absolute atomic E-state index is 0.925. The van der Waals surface area contributed by atoms with Crippen LogP contribution >= 0.6 is 0 Å². The lowest BCUT2D eigenvalue weighted by molar-refractivity contribution is 0.875. The van der Waals surface area contributed by atoms with Gasteiger partial charge in [-0.25, -0.2) is 4.68 Å². The van der Waals surface area contributed by atoms with Crippen LogP contribution in [0.15, 0.2) is 121 Å². The first-order valence-electron chi connectivity index (χ1n) is 10.9. The van der Waals surface area contributed by atoms with Crippen LogP contribution in [0.3, 0.4) is 0 Å². The van der Waals surface area contributed by atoms with Crippen LogP contribution in [0, 0.1) is 11.8 Å². The molecule has 5 rings (SSSR count). The first kappa shape index (κ1) is 20.3. The van der Waals surface area contributed by atoms with E-state index >= 15 is 0 Å². The zero-order valence-electron chi connectivity index (χ0n) is 18.1. The first-order chi connectivity index (χ1) is 16.3. The summed E-state index contributed by atoms with van der Waals surface area (Å²) >= 11 is 0. The molecular weight excluding hydrogens is 400 g/mol. The van der Waals surface area contributed by atoms with Gasteiger partial charge in [-0.15, -0.1) is 0 Å². The van der Waals surface area contributed by atoms with Crippen molar-refractivity contribution in [3.05, 3.63) is 144 Å². The molecule has 0 aliphatic carbocycles. The highest BCUT2D eigenvalue weighted by Gasteiger charge is 2.09. The molecule has 0 fully saturated rings. The summed E-state index contributed by atoms with van der Waals surface area (Å²) in [6.45, 7) is 0. The van der Waals surface area contributed by atoms with E-state index in [4.69, 9.17) is 5.10 Å². The molecule has 0 aliphatic rings. The third-order valence-corrected chi connectivity index (χ3v) is 5.29. The van der Waals surface area contributed by atoms with Crippen LogP contribution in [-0.4, -0.2) is 9.78 Å². The Bertz CT molecular complexity index is 1420. The van der Waals surface area contributed by atoms with Crippen LogP contribution < -0.4 is 0 Å². The summed E-state index contributed by atoms with van der Waals surface area (Å²) in [5.74, 6) is 6.44. The summed E-state index contributed by atoms with van der Waals surface area (Å²) in [7, 11) is 0. The van der Waals surface area contributed by atoms with Gasteiger partial charge in [0.1, 0.15) is 0 Å². The molecule has 0 unspecified atom stereocenters. The molecule has 0 amide bonds. The zero-order chi connectivity index (χ0) is 22.3. The third-order valence-electron chi connectivity index (χ3n) is 5.29. The summed E-state index contributed by atoms with van der Waals surface area (Å²) in [4.78, 5) is 0.